The van der Waals surface area contributed by atoms with E-state index < -0.39 is 0 Å². The normalized spacial score (nSPS) is 13.0. The molecule has 1 aromatic heterocycles. The standard InChI is InChI=1S/C6H13N5/c1-5(3-7)9-6-4-8-10-11(6)2/h4-5,9H,3,7H2,1-2H3. The number of nitrogens with zero attached hydrogens (tertiary/aromatic N) is 3. The summed E-state index contributed by atoms with van der Waals surface area (Å²) in [6.07, 6.45) is 1.67. The van der Waals surface area contributed by atoms with E-state index in [4.69, 9.17) is 5.73 Å². The summed E-state index contributed by atoms with van der Waals surface area (Å²) in [5.74, 6) is 0.892. The second kappa shape index (κ2) is 3.34. The van der Waals surface area contributed by atoms with Gasteiger partial charge >= 0.3 is 0 Å². The van der Waals surface area contributed by atoms with Crippen molar-refractivity contribution in [3.8, 4) is 0 Å². The Labute approximate surface area is 65.6 Å². The van der Waals surface area contributed by atoms with E-state index in [9.17, 15) is 0 Å². The van der Waals surface area contributed by atoms with Gasteiger partial charge in [-0.2, -0.15) is 0 Å². The molecule has 1 unspecified atom stereocenters. The maximum Gasteiger partial charge on any atom is 0.144 e. The molecule has 62 valence electrons. The molecule has 5 heteroatoms. The largest absolute Gasteiger partial charge is 0.365 e. The van der Waals surface area contributed by atoms with Crippen molar-refractivity contribution >= 4 is 5.82 Å². The Hall–Kier alpha value is -1.10. The lowest BCUT2D eigenvalue weighted by Crippen LogP contribution is -2.26. The van der Waals surface area contributed by atoms with E-state index in [0.717, 1.165) is 5.82 Å². The lowest BCUT2D eigenvalue weighted by molar-refractivity contribution is 0.702. The van der Waals surface area contributed by atoms with E-state index in [1.807, 2.05) is 14.0 Å². The molecule has 3 N–H and O–H groups in total. The van der Waals surface area contributed by atoms with Crippen molar-refractivity contribution in [3.63, 3.8) is 0 Å². The van der Waals surface area contributed by atoms with Crippen LogP contribution in [0.25, 0.3) is 0 Å². The molecule has 5 nitrogen and oxygen atoms in total. The van der Waals surface area contributed by atoms with Gasteiger partial charge in [0, 0.05) is 19.6 Å². The second-order valence-electron chi connectivity index (χ2n) is 2.52. The van der Waals surface area contributed by atoms with Crippen LogP contribution in [0.2, 0.25) is 0 Å². The van der Waals surface area contributed by atoms with Crippen molar-refractivity contribution in [2.45, 2.75) is 13.0 Å². The molecule has 0 bridgehead atoms. The van der Waals surface area contributed by atoms with Crippen LogP contribution < -0.4 is 11.1 Å². The van der Waals surface area contributed by atoms with Gasteiger partial charge in [-0.05, 0) is 6.92 Å². The third kappa shape index (κ3) is 1.91. The van der Waals surface area contributed by atoms with Gasteiger partial charge in [0.05, 0.1) is 6.20 Å². The molecule has 1 aromatic rings. The minimum atomic E-state index is 0.257. The van der Waals surface area contributed by atoms with Crippen LogP contribution in [0.3, 0.4) is 0 Å². The van der Waals surface area contributed by atoms with E-state index in [1.165, 1.54) is 0 Å². The van der Waals surface area contributed by atoms with E-state index in [1.54, 1.807) is 10.9 Å². The summed E-state index contributed by atoms with van der Waals surface area (Å²) >= 11 is 0. The van der Waals surface area contributed by atoms with Gasteiger partial charge in [0.2, 0.25) is 0 Å². The number of aryl methyl sites for hydroxylation is 1. The molecule has 0 amide bonds. The van der Waals surface area contributed by atoms with E-state index in [0.29, 0.717) is 6.54 Å². The monoisotopic (exact) mass is 155 g/mol. The third-order valence-electron chi connectivity index (χ3n) is 1.46. The van der Waals surface area contributed by atoms with E-state index in [2.05, 4.69) is 15.6 Å². The van der Waals surface area contributed by atoms with Crippen LogP contribution in [-0.4, -0.2) is 27.6 Å². The minimum absolute atomic E-state index is 0.257. The molecule has 0 spiro atoms. The predicted molar refractivity (Wildman–Crippen MR) is 43.1 cm³/mol. The van der Waals surface area contributed by atoms with Crippen molar-refractivity contribution in [3.05, 3.63) is 6.20 Å². The molecule has 0 saturated heterocycles. The summed E-state index contributed by atoms with van der Waals surface area (Å²) in [5.41, 5.74) is 5.43. The Balaban J connectivity index is 2.56. The smallest absolute Gasteiger partial charge is 0.144 e. The number of hydrogen-bond acceptors (Lipinski definition) is 4. The summed E-state index contributed by atoms with van der Waals surface area (Å²) in [7, 11) is 1.83. The highest BCUT2D eigenvalue weighted by atomic mass is 15.4. The maximum atomic E-state index is 5.43. The molecule has 1 rings (SSSR count). The highest BCUT2D eigenvalue weighted by Gasteiger charge is 2.01. The molecule has 1 atom stereocenters. The lowest BCUT2D eigenvalue weighted by atomic mass is 10.3. The predicted octanol–water partition coefficient (Wildman–Crippen LogP) is -0.426. The summed E-state index contributed by atoms with van der Waals surface area (Å²) in [6, 6.07) is 0.257. The van der Waals surface area contributed by atoms with Crippen LogP contribution in [0.15, 0.2) is 6.20 Å². The summed E-state index contributed by atoms with van der Waals surface area (Å²) in [6.45, 7) is 2.61. The van der Waals surface area contributed by atoms with Gasteiger partial charge in [-0.25, -0.2) is 4.68 Å². The molecule has 0 aliphatic rings. The van der Waals surface area contributed by atoms with Gasteiger partial charge < -0.3 is 11.1 Å². The first-order chi connectivity index (χ1) is 5.24. The highest BCUT2D eigenvalue weighted by Crippen LogP contribution is 2.01. The van der Waals surface area contributed by atoms with Crippen LogP contribution in [0, 0.1) is 0 Å². The molecule has 0 aromatic carbocycles. The fourth-order valence-corrected chi connectivity index (χ4v) is 0.732. The highest BCUT2D eigenvalue weighted by molar-refractivity contribution is 5.31. The molecule has 0 aliphatic carbocycles. The van der Waals surface area contributed by atoms with Crippen molar-refractivity contribution in [1.82, 2.24) is 15.0 Å². The van der Waals surface area contributed by atoms with Gasteiger partial charge in [-0.15, -0.1) is 5.10 Å². The van der Waals surface area contributed by atoms with Crippen LogP contribution in [0.4, 0.5) is 5.82 Å². The Kier molecular flexibility index (Phi) is 2.43. The number of anilines is 1. The zero-order valence-corrected chi connectivity index (χ0v) is 6.78. The van der Waals surface area contributed by atoms with E-state index in [-0.39, 0.29) is 6.04 Å². The topological polar surface area (TPSA) is 68.8 Å². The first kappa shape index (κ1) is 8.00. The van der Waals surface area contributed by atoms with Gasteiger partial charge in [-0.1, -0.05) is 5.21 Å². The molecule has 1 heterocycles. The van der Waals surface area contributed by atoms with Gasteiger partial charge in [0.1, 0.15) is 5.82 Å². The Morgan fingerprint density at radius 2 is 2.55 bits per heavy atom. The van der Waals surface area contributed by atoms with Crippen LogP contribution in [0.5, 0.6) is 0 Å². The van der Waals surface area contributed by atoms with Gasteiger partial charge in [-0.3, -0.25) is 0 Å². The molecule has 0 radical (unpaired) electrons. The number of hydrogen-bond donors (Lipinski definition) is 2. The second-order valence-corrected chi connectivity index (χ2v) is 2.52. The maximum absolute atomic E-state index is 5.43. The molecular weight excluding hydrogens is 142 g/mol. The first-order valence-corrected chi connectivity index (χ1v) is 3.55. The van der Waals surface area contributed by atoms with Crippen molar-refractivity contribution in [2.75, 3.05) is 11.9 Å². The minimum Gasteiger partial charge on any atom is -0.365 e. The van der Waals surface area contributed by atoms with Crippen molar-refractivity contribution in [2.24, 2.45) is 12.8 Å². The summed E-state index contributed by atoms with van der Waals surface area (Å²) < 4.78 is 1.67. The quantitative estimate of drug-likeness (QED) is 0.621. The summed E-state index contributed by atoms with van der Waals surface area (Å²) in [4.78, 5) is 0. The first-order valence-electron chi connectivity index (χ1n) is 3.55. The lowest BCUT2D eigenvalue weighted by Gasteiger charge is -2.10. The average molecular weight is 155 g/mol. The van der Waals surface area contributed by atoms with Crippen molar-refractivity contribution < 1.29 is 0 Å². The Bertz CT molecular complexity index is 219. The Morgan fingerprint density at radius 1 is 1.82 bits per heavy atom. The number of aromatic nitrogens is 3. The molecule has 0 saturated carbocycles. The van der Waals surface area contributed by atoms with Crippen molar-refractivity contribution in [1.29, 1.82) is 0 Å². The molecule has 0 aliphatic heterocycles. The van der Waals surface area contributed by atoms with Gasteiger partial charge in [0.15, 0.2) is 0 Å². The average Bonchev–Trinajstić information content (AvgIpc) is 2.37. The fourth-order valence-electron chi connectivity index (χ4n) is 0.732. The zero-order valence-electron chi connectivity index (χ0n) is 6.78. The zero-order chi connectivity index (χ0) is 8.27. The van der Waals surface area contributed by atoms with Crippen LogP contribution in [-0.2, 0) is 7.05 Å². The Morgan fingerprint density at radius 3 is 3.00 bits per heavy atom. The van der Waals surface area contributed by atoms with Crippen LogP contribution >= 0.6 is 0 Å². The van der Waals surface area contributed by atoms with Gasteiger partial charge in [0.25, 0.3) is 0 Å². The number of nitrogens with two attached hydrogens (primary N) is 1. The third-order valence-corrected chi connectivity index (χ3v) is 1.46. The van der Waals surface area contributed by atoms with E-state index >= 15 is 0 Å². The molecule has 11 heavy (non-hydrogen) atoms. The SMILES string of the molecule is CC(CN)Nc1cnnn1C. The summed E-state index contributed by atoms with van der Waals surface area (Å²) in [5, 5.41) is 10.6. The fraction of sp³-hybridized carbons (Fsp3) is 0.667. The molecule has 0 fully saturated rings. The number of nitrogens with one attached hydrogen (secondary N) is 1. The molecular formula is C6H13N5. The van der Waals surface area contributed by atoms with Crippen LogP contribution in [0.1, 0.15) is 6.92 Å². The number of rotatable bonds is 3.